The van der Waals surface area contributed by atoms with Crippen LogP contribution in [0.3, 0.4) is 0 Å². The molecule has 0 unspecified atom stereocenters. The molecule has 0 atom stereocenters. The molecule has 0 fully saturated rings. The minimum Gasteiger partial charge on any atom is -0.300 e. The van der Waals surface area contributed by atoms with Crippen molar-refractivity contribution < 1.29 is 0 Å². The Kier molecular flexibility index (Phi) is 4.49. The molecule has 0 aliphatic carbocycles. The Hall–Kier alpha value is -1.76. The highest BCUT2D eigenvalue weighted by molar-refractivity contribution is 7.71. The minimum atomic E-state index is -0.118. The standard InChI is InChI=1S/C13H19N5OS/c1-4-6-7-18-12(19)10(8-9(3)16-18)11-14-15-13(20)17(11)5-2/h8H,4-7H2,1-3H3,(H,15,20). The molecule has 0 saturated carbocycles. The minimum absolute atomic E-state index is 0.118. The monoisotopic (exact) mass is 293 g/mol. The molecule has 0 saturated heterocycles. The lowest BCUT2D eigenvalue weighted by molar-refractivity contribution is 0.537. The van der Waals surface area contributed by atoms with E-state index in [0.717, 1.165) is 18.5 Å². The maximum absolute atomic E-state index is 12.5. The molecule has 0 aromatic carbocycles. The van der Waals surface area contributed by atoms with Gasteiger partial charge in [0.15, 0.2) is 10.6 Å². The number of hydrogen-bond acceptors (Lipinski definition) is 4. The highest BCUT2D eigenvalue weighted by Crippen LogP contribution is 2.13. The van der Waals surface area contributed by atoms with Crippen LogP contribution in [0.1, 0.15) is 32.4 Å². The van der Waals surface area contributed by atoms with Gasteiger partial charge in [0.05, 0.1) is 11.3 Å². The van der Waals surface area contributed by atoms with Crippen LogP contribution in [0.4, 0.5) is 0 Å². The average molecular weight is 293 g/mol. The molecule has 2 aromatic rings. The van der Waals surface area contributed by atoms with Gasteiger partial charge in [0.2, 0.25) is 0 Å². The van der Waals surface area contributed by atoms with Crippen molar-refractivity contribution in [3.05, 3.63) is 26.9 Å². The van der Waals surface area contributed by atoms with E-state index in [2.05, 4.69) is 22.2 Å². The fraction of sp³-hybridized carbons (Fsp3) is 0.538. The SMILES string of the molecule is CCCCn1nc(C)cc(-c2n[nH]c(=S)n2CC)c1=O. The van der Waals surface area contributed by atoms with Gasteiger partial charge in [-0.3, -0.25) is 9.89 Å². The van der Waals surface area contributed by atoms with Gasteiger partial charge in [-0.2, -0.15) is 10.2 Å². The molecule has 7 heteroatoms. The van der Waals surface area contributed by atoms with E-state index in [1.54, 1.807) is 6.07 Å². The Labute approximate surface area is 122 Å². The zero-order valence-electron chi connectivity index (χ0n) is 12.0. The fourth-order valence-electron chi connectivity index (χ4n) is 2.11. The molecule has 0 aliphatic rings. The van der Waals surface area contributed by atoms with E-state index in [1.165, 1.54) is 4.68 Å². The van der Waals surface area contributed by atoms with Crippen molar-refractivity contribution in [1.29, 1.82) is 0 Å². The number of H-pyrrole nitrogens is 1. The lowest BCUT2D eigenvalue weighted by atomic mass is 10.2. The van der Waals surface area contributed by atoms with Crippen molar-refractivity contribution in [2.75, 3.05) is 0 Å². The molecule has 0 spiro atoms. The van der Waals surface area contributed by atoms with Gasteiger partial charge in [0, 0.05) is 13.1 Å². The normalized spacial score (nSPS) is 10.9. The predicted molar refractivity (Wildman–Crippen MR) is 80.2 cm³/mol. The summed E-state index contributed by atoms with van der Waals surface area (Å²) in [5.74, 6) is 0.582. The van der Waals surface area contributed by atoms with E-state index >= 15 is 0 Å². The molecule has 1 N–H and O–H groups in total. The summed E-state index contributed by atoms with van der Waals surface area (Å²) in [7, 11) is 0. The first-order chi connectivity index (χ1) is 9.58. The lowest BCUT2D eigenvalue weighted by Crippen LogP contribution is -2.26. The molecular formula is C13H19N5OS. The third-order valence-electron chi connectivity index (χ3n) is 3.14. The maximum atomic E-state index is 12.5. The highest BCUT2D eigenvalue weighted by atomic mass is 32.1. The largest absolute Gasteiger partial charge is 0.300 e. The van der Waals surface area contributed by atoms with Gasteiger partial charge >= 0.3 is 0 Å². The molecule has 0 radical (unpaired) electrons. The molecule has 6 nitrogen and oxygen atoms in total. The summed E-state index contributed by atoms with van der Waals surface area (Å²) in [6.45, 7) is 7.23. The Balaban J connectivity index is 2.59. The van der Waals surface area contributed by atoms with Gasteiger partial charge in [-0.05, 0) is 38.6 Å². The van der Waals surface area contributed by atoms with Gasteiger partial charge in [0.25, 0.3) is 5.56 Å². The molecule has 0 aliphatic heterocycles. The van der Waals surface area contributed by atoms with Crippen molar-refractivity contribution in [3.63, 3.8) is 0 Å². The van der Waals surface area contributed by atoms with E-state index in [0.29, 0.717) is 29.2 Å². The van der Waals surface area contributed by atoms with Crippen LogP contribution in [0.25, 0.3) is 11.4 Å². The number of nitrogens with one attached hydrogen (secondary N) is 1. The van der Waals surface area contributed by atoms with E-state index in [1.807, 2.05) is 18.4 Å². The van der Waals surface area contributed by atoms with Gasteiger partial charge in [-0.25, -0.2) is 4.68 Å². The second kappa shape index (κ2) is 6.13. The lowest BCUT2D eigenvalue weighted by Gasteiger charge is -2.08. The number of aryl methyl sites for hydroxylation is 2. The van der Waals surface area contributed by atoms with Crippen LogP contribution in [0.15, 0.2) is 10.9 Å². The molecule has 2 aromatic heterocycles. The van der Waals surface area contributed by atoms with Crippen molar-refractivity contribution in [2.45, 2.75) is 46.7 Å². The predicted octanol–water partition coefficient (Wildman–Crippen LogP) is 2.29. The van der Waals surface area contributed by atoms with E-state index in [-0.39, 0.29) is 5.56 Å². The molecular weight excluding hydrogens is 274 g/mol. The molecule has 108 valence electrons. The number of unbranched alkanes of at least 4 members (excludes halogenated alkanes) is 1. The topological polar surface area (TPSA) is 68.5 Å². The molecule has 0 amide bonds. The van der Waals surface area contributed by atoms with Gasteiger partial charge < -0.3 is 4.57 Å². The molecule has 2 rings (SSSR count). The maximum Gasteiger partial charge on any atom is 0.277 e. The summed E-state index contributed by atoms with van der Waals surface area (Å²) < 4.78 is 3.86. The van der Waals surface area contributed by atoms with Crippen LogP contribution >= 0.6 is 12.2 Å². The van der Waals surface area contributed by atoms with Gasteiger partial charge in [0.1, 0.15) is 0 Å². The second-order valence-corrected chi connectivity index (χ2v) is 5.06. The summed E-state index contributed by atoms with van der Waals surface area (Å²) in [5.41, 5.74) is 1.22. The summed E-state index contributed by atoms with van der Waals surface area (Å²) in [6, 6.07) is 1.77. The fourth-order valence-corrected chi connectivity index (χ4v) is 2.37. The first-order valence-electron chi connectivity index (χ1n) is 6.82. The van der Waals surface area contributed by atoms with E-state index in [4.69, 9.17) is 12.2 Å². The first-order valence-corrected chi connectivity index (χ1v) is 7.23. The molecule has 0 bridgehead atoms. The van der Waals surface area contributed by atoms with Crippen LogP contribution in [-0.2, 0) is 13.1 Å². The number of hydrogen-bond donors (Lipinski definition) is 1. The van der Waals surface area contributed by atoms with Crippen LogP contribution in [-0.4, -0.2) is 24.5 Å². The van der Waals surface area contributed by atoms with Crippen molar-refractivity contribution >= 4 is 12.2 Å². The highest BCUT2D eigenvalue weighted by Gasteiger charge is 2.14. The van der Waals surface area contributed by atoms with Gasteiger partial charge in [-0.1, -0.05) is 13.3 Å². The third kappa shape index (κ3) is 2.72. The molecule has 2 heterocycles. The van der Waals surface area contributed by atoms with Crippen molar-refractivity contribution in [2.24, 2.45) is 0 Å². The number of nitrogens with zero attached hydrogens (tertiary/aromatic N) is 4. The van der Waals surface area contributed by atoms with Crippen LogP contribution in [0.2, 0.25) is 0 Å². The first kappa shape index (κ1) is 14.6. The van der Waals surface area contributed by atoms with E-state index in [9.17, 15) is 4.79 Å². The third-order valence-corrected chi connectivity index (χ3v) is 3.45. The zero-order chi connectivity index (χ0) is 14.7. The summed E-state index contributed by atoms with van der Waals surface area (Å²) >= 11 is 5.17. The smallest absolute Gasteiger partial charge is 0.277 e. The van der Waals surface area contributed by atoms with Crippen LogP contribution in [0, 0.1) is 11.7 Å². The summed E-state index contributed by atoms with van der Waals surface area (Å²) in [4.78, 5) is 12.5. The Morgan fingerprint density at radius 3 is 2.80 bits per heavy atom. The Bertz CT molecular complexity index is 712. The number of aromatic amines is 1. The Morgan fingerprint density at radius 1 is 1.40 bits per heavy atom. The summed E-state index contributed by atoms with van der Waals surface area (Å²) in [6.07, 6.45) is 1.95. The molecule has 20 heavy (non-hydrogen) atoms. The van der Waals surface area contributed by atoms with Crippen molar-refractivity contribution in [3.8, 4) is 11.4 Å². The Morgan fingerprint density at radius 2 is 2.15 bits per heavy atom. The number of aromatic nitrogens is 5. The quantitative estimate of drug-likeness (QED) is 0.859. The summed E-state index contributed by atoms with van der Waals surface area (Å²) in [5, 5.41) is 11.2. The average Bonchev–Trinajstić information content (AvgIpc) is 2.80. The second-order valence-electron chi connectivity index (χ2n) is 4.68. The van der Waals surface area contributed by atoms with Crippen LogP contribution < -0.4 is 5.56 Å². The number of rotatable bonds is 5. The van der Waals surface area contributed by atoms with Crippen molar-refractivity contribution in [1.82, 2.24) is 24.5 Å². The van der Waals surface area contributed by atoms with Crippen LogP contribution in [0.5, 0.6) is 0 Å². The van der Waals surface area contributed by atoms with E-state index < -0.39 is 0 Å². The zero-order valence-corrected chi connectivity index (χ0v) is 12.8. The van der Waals surface area contributed by atoms with Gasteiger partial charge in [-0.15, -0.1) is 0 Å².